The second-order valence-corrected chi connectivity index (χ2v) is 11.8. The van der Waals surface area contributed by atoms with Crippen molar-refractivity contribution in [1.29, 1.82) is 0 Å². The first-order chi connectivity index (χ1) is 20.4. The molecule has 5 rings (SSSR count). The fraction of sp³-hybridized carbons (Fsp3) is 0.286. The molecule has 0 radical (unpaired) electrons. The number of hydrogen-bond acceptors (Lipinski definition) is 3. The van der Waals surface area contributed by atoms with Gasteiger partial charge < -0.3 is 15.1 Å². The van der Waals surface area contributed by atoms with Crippen molar-refractivity contribution >= 4 is 50.1 Å². The smallest absolute Gasteiger partial charge is 0.258 e. The molecule has 0 saturated carbocycles. The predicted molar refractivity (Wildman–Crippen MR) is 171 cm³/mol. The molecule has 1 aliphatic rings. The lowest BCUT2D eigenvalue weighted by molar-refractivity contribution is -0.141. The number of amides is 3. The summed E-state index contributed by atoms with van der Waals surface area (Å²) in [4.78, 5) is 44.5. The highest BCUT2D eigenvalue weighted by Gasteiger charge is 2.32. The van der Waals surface area contributed by atoms with E-state index >= 15 is 0 Å². The Labute approximate surface area is 255 Å². The van der Waals surface area contributed by atoms with Crippen molar-refractivity contribution in [3.8, 4) is 0 Å². The highest BCUT2D eigenvalue weighted by Crippen LogP contribution is 2.37. The average molecular weight is 627 g/mol. The topological polar surface area (TPSA) is 69.7 Å². The molecule has 0 fully saturated rings. The molecule has 0 bridgehead atoms. The SMILES string of the molecule is CC[C@@H](C)NC(=O)[C@H](Cc1ccccc1)N(Cc1cccc(Br)c1)C(=O)CCCN1C(=O)c2cccc3cccc1c23. The molecule has 7 heteroatoms. The number of carbonyl (C=O) groups is 3. The van der Waals surface area contributed by atoms with Gasteiger partial charge in [-0.05, 0) is 60.5 Å². The summed E-state index contributed by atoms with van der Waals surface area (Å²) in [6.07, 6.45) is 1.90. The Hall–Kier alpha value is -3.97. The number of anilines is 1. The number of nitrogens with one attached hydrogen (secondary N) is 1. The molecule has 0 aromatic heterocycles. The van der Waals surface area contributed by atoms with Crippen molar-refractivity contribution in [2.45, 2.75) is 58.2 Å². The fourth-order valence-electron chi connectivity index (χ4n) is 5.56. The molecule has 4 aromatic carbocycles. The van der Waals surface area contributed by atoms with Crippen LogP contribution in [0.15, 0.2) is 95.5 Å². The van der Waals surface area contributed by atoms with E-state index in [-0.39, 0.29) is 30.2 Å². The van der Waals surface area contributed by atoms with E-state index in [0.29, 0.717) is 31.5 Å². The zero-order chi connectivity index (χ0) is 29.6. The third-order valence-corrected chi connectivity index (χ3v) is 8.43. The van der Waals surface area contributed by atoms with Gasteiger partial charge in [-0.15, -0.1) is 0 Å². The number of nitrogens with zero attached hydrogens (tertiary/aromatic N) is 2. The monoisotopic (exact) mass is 625 g/mol. The number of rotatable bonds is 12. The Kier molecular flexibility index (Phi) is 9.38. The molecular weight excluding hydrogens is 590 g/mol. The minimum absolute atomic E-state index is 0.0101. The molecule has 1 N–H and O–H groups in total. The van der Waals surface area contributed by atoms with Gasteiger partial charge in [0.15, 0.2) is 0 Å². The van der Waals surface area contributed by atoms with Gasteiger partial charge in [-0.1, -0.05) is 89.6 Å². The standard InChI is InChI=1S/C35H36BrN3O3/c1-3-24(2)37-34(41)31(22-25-11-5-4-6-12-25)39(23-26-13-7-16-28(36)21-26)32(40)19-10-20-38-30-18-9-15-27-14-8-17-29(33(27)30)35(38)42/h4-9,11-18,21,24,31H,3,10,19-20,22-23H2,1-2H3,(H,37,41)/t24-,31+/m1/s1. The van der Waals surface area contributed by atoms with Gasteiger partial charge in [0.05, 0.1) is 5.69 Å². The van der Waals surface area contributed by atoms with Crippen LogP contribution < -0.4 is 10.2 Å². The van der Waals surface area contributed by atoms with Gasteiger partial charge in [0.2, 0.25) is 11.8 Å². The minimum Gasteiger partial charge on any atom is -0.352 e. The van der Waals surface area contributed by atoms with Crippen LogP contribution in [0.25, 0.3) is 10.8 Å². The first kappa shape index (κ1) is 29.5. The van der Waals surface area contributed by atoms with Gasteiger partial charge in [0.25, 0.3) is 5.91 Å². The van der Waals surface area contributed by atoms with E-state index in [2.05, 4.69) is 21.2 Å². The molecule has 4 aromatic rings. The summed E-state index contributed by atoms with van der Waals surface area (Å²) in [5.41, 5.74) is 3.52. The molecule has 1 heterocycles. The highest BCUT2D eigenvalue weighted by molar-refractivity contribution is 9.10. The van der Waals surface area contributed by atoms with Crippen LogP contribution in [0.4, 0.5) is 5.69 Å². The molecular formula is C35H36BrN3O3. The van der Waals surface area contributed by atoms with E-state index in [0.717, 1.165) is 38.5 Å². The van der Waals surface area contributed by atoms with Crippen molar-refractivity contribution in [2.75, 3.05) is 11.4 Å². The van der Waals surface area contributed by atoms with Crippen molar-refractivity contribution in [1.82, 2.24) is 10.2 Å². The maximum Gasteiger partial charge on any atom is 0.258 e. The van der Waals surface area contributed by atoms with Gasteiger partial charge in [-0.2, -0.15) is 0 Å². The van der Waals surface area contributed by atoms with E-state index in [9.17, 15) is 14.4 Å². The molecule has 0 unspecified atom stereocenters. The summed E-state index contributed by atoms with van der Waals surface area (Å²) < 4.78 is 0.914. The highest BCUT2D eigenvalue weighted by atomic mass is 79.9. The summed E-state index contributed by atoms with van der Waals surface area (Å²) in [5, 5.41) is 5.12. The second-order valence-electron chi connectivity index (χ2n) is 10.9. The second kappa shape index (κ2) is 13.3. The maximum atomic E-state index is 14.0. The lowest BCUT2D eigenvalue weighted by Crippen LogP contribution is -2.52. The predicted octanol–water partition coefficient (Wildman–Crippen LogP) is 6.90. The first-order valence-corrected chi connectivity index (χ1v) is 15.4. The summed E-state index contributed by atoms with van der Waals surface area (Å²) in [7, 11) is 0. The van der Waals surface area contributed by atoms with E-state index < -0.39 is 6.04 Å². The van der Waals surface area contributed by atoms with Crippen LogP contribution >= 0.6 is 15.9 Å². The molecule has 216 valence electrons. The maximum absolute atomic E-state index is 14.0. The lowest BCUT2D eigenvalue weighted by atomic mass is 10.0. The summed E-state index contributed by atoms with van der Waals surface area (Å²) in [6, 6.07) is 28.7. The van der Waals surface area contributed by atoms with Crippen LogP contribution in [-0.4, -0.2) is 41.2 Å². The summed E-state index contributed by atoms with van der Waals surface area (Å²) >= 11 is 3.54. The minimum atomic E-state index is -0.681. The molecule has 3 amide bonds. The van der Waals surface area contributed by atoms with Crippen LogP contribution in [0.2, 0.25) is 0 Å². The van der Waals surface area contributed by atoms with E-state index in [1.54, 1.807) is 9.80 Å². The Morgan fingerprint density at radius 3 is 2.38 bits per heavy atom. The average Bonchev–Trinajstić information content (AvgIpc) is 3.27. The van der Waals surface area contributed by atoms with Crippen molar-refractivity contribution in [3.63, 3.8) is 0 Å². The van der Waals surface area contributed by atoms with Crippen LogP contribution in [0.3, 0.4) is 0 Å². The molecule has 2 atom stereocenters. The first-order valence-electron chi connectivity index (χ1n) is 14.6. The normalized spacial score (nSPS) is 13.7. The van der Waals surface area contributed by atoms with Crippen molar-refractivity contribution < 1.29 is 14.4 Å². The van der Waals surface area contributed by atoms with Gasteiger partial charge in [0, 0.05) is 47.4 Å². The zero-order valence-corrected chi connectivity index (χ0v) is 25.6. The van der Waals surface area contributed by atoms with E-state index in [4.69, 9.17) is 0 Å². The van der Waals surface area contributed by atoms with Gasteiger partial charge in [-0.25, -0.2) is 0 Å². The zero-order valence-electron chi connectivity index (χ0n) is 24.1. The Balaban J connectivity index is 1.38. The van der Waals surface area contributed by atoms with Gasteiger partial charge in [0.1, 0.15) is 6.04 Å². The van der Waals surface area contributed by atoms with Crippen molar-refractivity contribution in [3.05, 3.63) is 112 Å². The van der Waals surface area contributed by atoms with Crippen LogP contribution in [0.5, 0.6) is 0 Å². The van der Waals surface area contributed by atoms with Crippen LogP contribution in [0.1, 0.15) is 54.6 Å². The Morgan fingerprint density at radius 1 is 0.929 bits per heavy atom. The third kappa shape index (κ3) is 6.57. The third-order valence-electron chi connectivity index (χ3n) is 7.94. The van der Waals surface area contributed by atoms with E-state index in [1.807, 2.05) is 105 Å². The summed E-state index contributed by atoms with van der Waals surface area (Å²) in [6.45, 7) is 4.73. The fourth-order valence-corrected chi connectivity index (χ4v) is 6.01. The number of halogens is 1. The van der Waals surface area contributed by atoms with Crippen LogP contribution in [0, 0.1) is 0 Å². The largest absolute Gasteiger partial charge is 0.352 e. The molecule has 42 heavy (non-hydrogen) atoms. The number of benzene rings is 4. The van der Waals surface area contributed by atoms with Gasteiger partial charge in [-0.3, -0.25) is 14.4 Å². The lowest BCUT2D eigenvalue weighted by Gasteiger charge is -2.32. The number of carbonyl (C=O) groups excluding carboxylic acids is 3. The number of hydrogen-bond donors (Lipinski definition) is 1. The van der Waals surface area contributed by atoms with E-state index in [1.165, 1.54) is 0 Å². The molecule has 0 saturated heterocycles. The Morgan fingerprint density at radius 2 is 1.64 bits per heavy atom. The van der Waals surface area contributed by atoms with Crippen molar-refractivity contribution in [2.24, 2.45) is 0 Å². The Bertz CT molecular complexity index is 1580. The summed E-state index contributed by atoms with van der Waals surface area (Å²) in [5.74, 6) is -0.305. The molecule has 0 aliphatic carbocycles. The van der Waals surface area contributed by atoms with Crippen LogP contribution in [-0.2, 0) is 22.6 Å². The molecule has 0 spiro atoms. The molecule has 1 aliphatic heterocycles. The molecule has 6 nitrogen and oxygen atoms in total. The van der Waals surface area contributed by atoms with Gasteiger partial charge >= 0.3 is 0 Å². The quantitative estimate of drug-likeness (QED) is 0.186.